The molecule has 0 aromatic rings. The largest absolute Gasteiger partial charge is 0.341 e. The van der Waals surface area contributed by atoms with Crippen LogP contribution in [0.25, 0.3) is 0 Å². The van der Waals surface area contributed by atoms with Gasteiger partial charge in [-0.3, -0.25) is 4.79 Å². The molecule has 1 fully saturated rings. The molecule has 1 amide bonds. The molecule has 1 heterocycles. The molecule has 1 aliphatic rings. The number of hydrogen-bond acceptors (Lipinski definition) is 2. The molecule has 1 rings (SSSR count). The second-order valence-electron chi connectivity index (χ2n) is 3.86. The minimum absolute atomic E-state index is 0.148. The fourth-order valence-electron chi connectivity index (χ4n) is 1.79. The van der Waals surface area contributed by atoms with E-state index in [-0.39, 0.29) is 5.91 Å². The third kappa shape index (κ3) is 2.02. The summed E-state index contributed by atoms with van der Waals surface area (Å²) >= 11 is 0. The monoisotopic (exact) mass is 184 g/mol. The molecule has 76 valence electrons. The maximum atomic E-state index is 11.9. The summed E-state index contributed by atoms with van der Waals surface area (Å²) in [6.45, 7) is 5.77. The van der Waals surface area contributed by atoms with E-state index in [1.807, 2.05) is 18.7 Å². The molecule has 3 nitrogen and oxygen atoms in total. The predicted molar refractivity (Wildman–Crippen MR) is 53.3 cm³/mol. The molecule has 1 aliphatic heterocycles. The van der Waals surface area contributed by atoms with Crippen molar-refractivity contribution in [2.75, 3.05) is 13.1 Å². The number of amides is 1. The van der Waals surface area contributed by atoms with Gasteiger partial charge in [0.05, 0.1) is 5.54 Å². The standard InChI is InChI=1S/C10H20N2O/c1-3-10(11,4-2)9(13)12-7-5-6-8-12/h3-8,11H2,1-2H3. The van der Waals surface area contributed by atoms with Crippen molar-refractivity contribution < 1.29 is 4.79 Å². The van der Waals surface area contributed by atoms with E-state index in [9.17, 15) is 4.79 Å². The van der Waals surface area contributed by atoms with Crippen molar-refractivity contribution in [2.45, 2.75) is 45.1 Å². The van der Waals surface area contributed by atoms with Crippen LogP contribution >= 0.6 is 0 Å². The minimum atomic E-state index is -0.607. The maximum Gasteiger partial charge on any atom is 0.242 e. The van der Waals surface area contributed by atoms with E-state index in [0.29, 0.717) is 0 Å². The van der Waals surface area contributed by atoms with Crippen molar-refractivity contribution in [1.29, 1.82) is 0 Å². The van der Waals surface area contributed by atoms with Gasteiger partial charge in [-0.2, -0.15) is 0 Å². The Morgan fingerprint density at radius 3 is 2.15 bits per heavy atom. The number of nitrogens with two attached hydrogens (primary N) is 1. The Labute approximate surface area is 80.3 Å². The average Bonchev–Trinajstić information content (AvgIpc) is 2.68. The first kappa shape index (κ1) is 10.5. The number of rotatable bonds is 3. The molecular weight excluding hydrogens is 164 g/mol. The van der Waals surface area contributed by atoms with Crippen LogP contribution in [0.5, 0.6) is 0 Å². The third-order valence-corrected chi connectivity index (χ3v) is 3.08. The number of hydrogen-bond donors (Lipinski definition) is 1. The summed E-state index contributed by atoms with van der Waals surface area (Å²) in [7, 11) is 0. The molecule has 0 aliphatic carbocycles. The van der Waals surface area contributed by atoms with Gasteiger partial charge in [-0.1, -0.05) is 13.8 Å². The molecule has 1 saturated heterocycles. The normalized spacial score (nSPS) is 17.9. The van der Waals surface area contributed by atoms with Crippen LogP contribution in [0, 0.1) is 0 Å². The van der Waals surface area contributed by atoms with E-state index in [4.69, 9.17) is 5.73 Å². The Balaban J connectivity index is 2.63. The van der Waals surface area contributed by atoms with Crippen LogP contribution < -0.4 is 5.73 Å². The van der Waals surface area contributed by atoms with Gasteiger partial charge in [0, 0.05) is 13.1 Å². The van der Waals surface area contributed by atoms with Crippen molar-refractivity contribution in [2.24, 2.45) is 5.73 Å². The van der Waals surface area contributed by atoms with Gasteiger partial charge in [0.1, 0.15) is 0 Å². The lowest BCUT2D eigenvalue weighted by molar-refractivity contribution is -0.136. The molecular formula is C10H20N2O. The highest BCUT2D eigenvalue weighted by Crippen LogP contribution is 2.18. The van der Waals surface area contributed by atoms with Crippen LogP contribution in [0.4, 0.5) is 0 Å². The SMILES string of the molecule is CCC(N)(CC)C(=O)N1CCCC1. The first-order valence-electron chi connectivity index (χ1n) is 5.22. The van der Waals surface area contributed by atoms with Crippen LogP contribution in [0.3, 0.4) is 0 Å². The van der Waals surface area contributed by atoms with E-state index in [2.05, 4.69) is 0 Å². The summed E-state index contributed by atoms with van der Waals surface area (Å²) in [4.78, 5) is 13.8. The first-order chi connectivity index (χ1) is 6.14. The maximum absolute atomic E-state index is 11.9. The van der Waals surface area contributed by atoms with Gasteiger partial charge in [-0.25, -0.2) is 0 Å². The second-order valence-corrected chi connectivity index (χ2v) is 3.86. The van der Waals surface area contributed by atoms with Gasteiger partial charge < -0.3 is 10.6 Å². The summed E-state index contributed by atoms with van der Waals surface area (Å²) < 4.78 is 0. The lowest BCUT2D eigenvalue weighted by Crippen LogP contribution is -2.53. The Kier molecular flexibility index (Phi) is 3.31. The fraction of sp³-hybridized carbons (Fsp3) is 0.900. The topological polar surface area (TPSA) is 46.3 Å². The van der Waals surface area contributed by atoms with Gasteiger partial charge in [-0.15, -0.1) is 0 Å². The number of nitrogens with zero attached hydrogens (tertiary/aromatic N) is 1. The van der Waals surface area contributed by atoms with Crippen molar-refractivity contribution in [3.05, 3.63) is 0 Å². The first-order valence-corrected chi connectivity index (χ1v) is 5.22. The zero-order chi connectivity index (χ0) is 9.90. The number of carbonyl (C=O) groups excluding carboxylic acids is 1. The summed E-state index contributed by atoms with van der Waals surface area (Å²) in [5, 5.41) is 0. The Morgan fingerprint density at radius 1 is 1.31 bits per heavy atom. The molecule has 0 spiro atoms. The molecule has 0 aromatic carbocycles. The van der Waals surface area contributed by atoms with E-state index in [1.54, 1.807) is 0 Å². The van der Waals surface area contributed by atoms with Crippen molar-refractivity contribution >= 4 is 5.91 Å². The van der Waals surface area contributed by atoms with Gasteiger partial charge in [0.25, 0.3) is 0 Å². The van der Waals surface area contributed by atoms with Crippen LogP contribution in [0.1, 0.15) is 39.5 Å². The van der Waals surface area contributed by atoms with Crippen LogP contribution in [0.2, 0.25) is 0 Å². The predicted octanol–water partition coefficient (Wildman–Crippen LogP) is 1.13. The quantitative estimate of drug-likeness (QED) is 0.714. The van der Waals surface area contributed by atoms with Crippen LogP contribution in [0.15, 0.2) is 0 Å². The highest BCUT2D eigenvalue weighted by molar-refractivity contribution is 5.86. The van der Waals surface area contributed by atoms with Crippen LogP contribution in [-0.2, 0) is 4.79 Å². The molecule has 0 radical (unpaired) electrons. The fourth-order valence-corrected chi connectivity index (χ4v) is 1.79. The molecule has 13 heavy (non-hydrogen) atoms. The van der Waals surface area contributed by atoms with E-state index in [1.165, 1.54) is 0 Å². The van der Waals surface area contributed by atoms with E-state index < -0.39 is 5.54 Å². The average molecular weight is 184 g/mol. The number of carbonyl (C=O) groups is 1. The Bertz CT molecular complexity index is 181. The van der Waals surface area contributed by atoms with Crippen molar-refractivity contribution in [3.8, 4) is 0 Å². The van der Waals surface area contributed by atoms with Crippen molar-refractivity contribution in [3.63, 3.8) is 0 Å². The molecule has 2 N–H and O–H groups in total. The lowest BCUT2D eigenvalue weighted by atomic mass is 9.92. The summed E-state index contributed by atoms with van der Waals surface area (Å²) in [6, 6.07) is 0. The summed E-state index contributed by atoms with van der Waals surface area (Å²) in [5.41, 5.74) is 5.42. The number of likely N-dealkylation sites (tertiary alicyclic amines) is 1. The smallest absolute Gasteiger partial charge is 0.242 e. The second kappa shape index (κ2) is 4.09. The molecule has 0 aromatic heterocycles. The molecule has 0 atom stereocenters. The van der Waals surface area contributed by atoms with Gasteiger partial charge in [0.15, 0.2) is 0 Å². The lowest BCUT2D eigenvalue weighted by Gasteiger charge is -2.30. The van der Waals surface area contributed by atoms with Crippen LogP contribution in [-0.4, -0.2) is 29.4 Å². The van der Waals surface area contributed by atoms with E-state index in [0.717, 1.165) is 38.8 Å². The summed E-state index contributed by atoms with van der Waals surface area (Å²) in [6.07, 6.45) is 3.74. The van der Waals surface area contributed by atoms with Gasteiger partial charge >= 0.3 is 0 Å². The summed E-state index contributed by atoms with van der Waals surface area (Å²) in [5.74, 6) is 0.148. The van der Waals surface area contributed by atoms with Gasteiger partial charge in [-0.05, 0) is 25.7 Å². The minimum Gasteiger partial charge on any atom is -0.341 e. The molecule has 3 heteroatoms. The molecule has 0 unspecified atom stereocenters. The zero-order valence-corrected chi connectivity index (χ0v) is 8.68. The highest BCUT2D eigenvalue weighted by Gasteiger charge is 2.34. The van der Waals surface area contributed by atoms with E-state index >= 15 is 0 Å². The highest BCUT2D eigenvalue weighted by atomic mass is 16.2. The molecule has 0 bridgehead atoms. The zero-order valence-electron chi connectivity index (χ0n) is 8.68. The Morgan fingerprint density at radius 2 is 1.77 bits per heavy atom. The third-order valence-electron chi connectivity index (χ3n) is 3.08. The van der Waals surface area contributed by atoms with Gasteiger partial charge in [0.2, 0.25) is 5.91 Å². The van der Waals surface area contributed by atoms with Crippen molar-refractivity contribution in [1.82, 2.24) is 4.90 Å². The Hall–Kier alpha value is -0.570. The molecule has 0 saturated carbocycles.